The van der Waals surface area contributed by atoms with Gasteiger partial charge in [0, 0.05) is 37.5 Å². The first-order chi connectivity index (χ1) is 14.3. The summed E-state index contributed by atoms with van der Waals surface area (Å²) in [5.74, 6) is 0.746. The van der Waals surface area contributed by atoms with Gasteiger partial charge in [-0.1, -0.05) is 30.1 Å². The monoisotopic (exact) mass is 432 g/mol. The Kier molecular flexibility index (Phi) is 5.92. The van der Waals surface area contributed by atoms with E-state index in [1.165, 1.54) is 17.1 Å². The van der Waals surface area contributed by atoms with Crippen LogP contribution in [0.2, 0.25) is 0 Å². The van der Waals surface area contributed by atoms with Crippen molar-refractivity contribution in [2.24, 2.45) is 5.92 Å². The highest BCUT2D eigenvalue weighted by molar-refractivity contribution is 7.89. The summed E-state index contributed by atoms with van der Waals surface area (Å²) in [7, 11) is -3.67. The second-order valence-electron chi connectivity index (χ2n) is 8.29. The predicted molar refractivity (Wildman–Crippen MR) is 111 cm³/mol. The number of amides is 1. The fourth-order valence-corrected chi connectivity index (χ4v) is 6.04. The van der Waals surface area contributed by atoms with Crippen molar-refractivity contribution in [3.63, 3.8) is 0 Å². The number of nitrogens with zero attached hydrogens (tertiary/aromatic N) is 3. The average molecular weight is 433 g/mol. The second kappa shape index (κ2) is 8.47. The van der Waals surface area contributed by atoms with Crippen LogP contribution in [0.3, 0.4) is 0 Å². The lowest BCUT2D eigenvalue weighted by Gasteiger charge is -2.31. The van der Waals surface area contributed by atoms with E-state index in [1.807, 2.05) is 0 Å². The zero-order chi connectivity index (χ0) is 21.3. The smallest absolute Gasteiger partial charge is 0.243 e. The number of piperidine rings is 1. The van der Waals surface area contributed by atoms with Crippen LogP contribution in [0.5, 0.6) is 0 Å². The number of hydrogen-bond acceptors (Lipinski definition) is 6. The van der Waals surface area contributed by atoms with Crippen LogP contribution in [0, 0.1) is 19.8 Å². The van der Waals surface area contributed by atoms with Gasteiger partial charge >= 0.3 is 0 Å². The Labute approximate surface area is 177 Å². The summed E-state index contributed by atoms with van der Waals surface area (Å²) in [6.07, 6.45) is 5.52. The first kappa shape index (κ1) is 21.0. The van der Waals surface area contributed by atoms with E-state index >= 15 is 0 Å². The van der Waals surface area contributed by atoms with E-state index in [1.54, 1.807) is 32.0 Å². The highest BCUT2D eigenvalue weighted by atomic mass is 32.2. The molecule has 1 aromatic heterocycles. The molecule has 1 aliphatic carbocycles. The third kappa shape index (κ3) is 4.27. The van der Waals surface area contributed by atoms with Gasteiger partial charge in [0.2, 0.25) is 27.6 Å². The van der Waals surface area contributed by atoms with Crippen LogP contribution in [-0.2, 0) is 14.8 Å². The fourth-order valence-electron chi connectivity index (χ4n) is 4.32. The van der Waals surface area contributed by atoms with Gasteiger partial charge in [-0.15, -0.1) is 0 Å². The highest BCUT2D eigenvalue weighted by Crippen LogP contribution is 2.29. The molecule has 1 saturated heterocycles. The van der Waals surface area contributed by atoms with Gasteiger partial charge in [0.05, 0.1) is 4.90 Å². The van der Waals surface area contributed by atoms with Crippen LogP contribution in [-0.4, -0.2) is 47.9 Å². The molecule has 8 nitrogen and oxygen atoms in total. The van der Waals surface area contributed by atoms with E-state index in [0.29, 0.717) is 54.8 Å². The summed E-state index contributed by atoms with van der Waals surface area (Å²) in [5.41, 5.74) is 1.27. The van der Waals surface area contributed by atoms with Crippen LogP contribution < -0.4 is 5.32 Å². The largest absolute Gasteiger partial charge is 0.353 e. The van der Waals surface area contributed by atoms with Gasteiger partial charge in [0.1, 0.15) is 0 Å². The van der Waals surface area contributed by atoms with Crippen molar-refractivity contribution in [3.8, 4) is 11.4 Å². The molecule has 4 rings (SSSR count). The van der Waals surface area contributed by atoms with Gasteiger partial charge in [-0.05, 0) is 44.2 Å². The van der Waals surface area contributed by atoms with Crippen molar-refractivity contribution < 1.29 is 17.7 Å². The van der Waals surface area contributed by atoms with Crippen LogP contribution in [0.15, 0.2) is 27.6 Å². The molecule has 1 amide bonds. The number of aromatic nitrogens is 2. The Balaban J connectivity index is 1.46. The lowest BCUT2D eigenvalue weighted by atomic mass is 9.97. The summed E-state index contributed by atoms with van der Waals surface area (Å²) in [5, 5.41) is 7.02. The molecule has 2 heterocycles. The van der Waals surface area contributed by atoms with Gasteiger partial charge in [-0.25, -0.2) is 8.42 Å². The molecule has 1 N–H and O–H groups in total. The van der Waals surface area contributed by atoms with E-state index in [2.05, 4.69) is 15.5 Å². The normalized spacial score (nSPS) is 19.3. The Bertz CT molecular complexity index is 1020. The first-order valence-electron chi connectivity index (χ1n) is 10.6. The Morgan fingerprint density at radius 2 is 1.83 bits per heavy atom. The number of benzene rings is 1. The van der Waals surface area contributed by atoms with Crippen molar-refractivity contribution in [2.45, 2.75) is 63.3 Å². The van der Waals surface area contributed by atoms with Crippen molar-refractivity contribution >= 4 is 15.9 Å². The molecule has 0 spiro atoms. The molecule has 162 valence electrons. The zero-order valence-electron chi connectivity index (χ0n) is 17.4. The summed E-state index contributed by atoms with van der Waals surface area (Å²) >= 11 is 0. The quantitative estimate of drug-likeness (QED) is 0.779. The summed E-state index contributed by atoms with van der Waals surface area (Å²) in [6.45, 7) is 4.15. The van der Waals surface area contributed by atoms with Gasteiger partial charge in [-0.3, -0.25) is 4.79 Å². The second-order valence-corrected chi connectivity index (χ2v) is 10.2. The minimum absolute atomic E-state index is 0.0737. The van der Waals surface area contributed by atoms with Crippen molar-refractivity contribution in [1.29, 1.82) is 0 Å². The van der Waals surface area contributed by atoms with Crippen LogP contribution in [0.4, 0.5) is 0 Å². The van der Waals surface area contributed by atoms with Gasteiger partial charge in [-0.2, -0.15) is 9.29 Å². The highest BCUT2D eigenvalue weighted by Gasteiger charge is 2.34. The molecule has 0 bridgehead atoms. The molecule has 2 aliphatic rings. The van der Waals surface area contributed by atoms with Gasteiger partial charge in [0.15, 0.2) is 0 Å². The molecule has 0 unspecified atom stereocenters. The molecule has 2 fully saturated rings. The number of nitrogens with one attached hydrogen (secondary N) is 1. The van der Waals surface area contributed by atoms with Crippen LogP contribution in [0.25, 0.3) is 11.4 Å². The molecule has 0 radical (unpaired) electrons. The molecule has 9 heteroatoms. The van der Waals surface area contributed by atoms with Crippen molar-refractivity contribution in [3.05, 3.63) is 29.7 Å². The molecule has 1 saturated carbocycles. The van der Waals surface area contributed by atoms with E-state index < -0.39 is 10.0 Å². The number of rotatable bonds is 5. The minimum atomic E-state index is -3.67. The van der Waals surface area contributed by atoms with Gasteiger partial charge < -0.3 is 9.84 Å². The number of carbonyl (C=O) groups is 1. The Hall–Kier alpha value is -2.26. The fraction of sp³-hybridized carbons (Fsp3) is 0.571. The molecule has 1 aliphatic heterocycles. The number of aryl methyl sites for hydroxylation is 2. The molecule has 2 aromatic rings. The molecule has 0 atom stereocenters. The first-order valence-corrected chi connectivity index (χ1v) is 12.0. The topological polar surface area (TPSA) is 105 Å². The standard InChI is InChI=1S/C21H28N4O4S/c1-14-7-8-17(20-22-15(2)29-24-20)13-19(14)30(27,28)25-11-9-16(10-12-25)21(26)23-18-5-3-4-6-18/h7-8,13,16,18H,3-6,9-12H2,1-2H3,(H,23,26). The SMILES string of the molecule is Cc1nc(-c2ccc(C)c(S(=O)(=O)N3CCC(C(=O)NC4CCCC4)CC3)c2)no1. The van der Waals surface area contributed by atoms with Crippen LogP contribution >= 0.6 is 0 Å². The minimum Gasteiger partial charge on any atom is -0.353 e. The maximum absolute atomic E-state index is 13.3. The van der Waals surface area contributed by atoms with E-state index in [4.69, 9.17) is 4.52 Å². The maximum atomic E-state index is 13.3. The maximum Gasteiger partial charge on any atom is 0.243 e. The molecular formula is C21H28N4O4S. The van der Waals surface area contributed by atoms with Crippen molar-refractivity contribution in [1.82, 2.24) is 19.8 Å². The zero-order valence-corrected chi connectivity index (χ0v) is 18.2. The molecule has 1 aromatic carbocycles. The number of carbonyl (C=O) groups excluding carboxylic acids is 1. The predicted octanol–water partition coefficient (Wildman–Crippen LogP) is 2.81. The van der Waals surface area contributed by atoms with Gasteiger partial charge in [0.25, 0.3) is 0 Å². The van der Waals surface area contributed by atoms with Crippen molar-refractivity contribution in [2.75, 3.05) is 13.1 Å². The average Bonchev–Trinajstić information content (AvgIpc) is 3.40. The lowest BCUT2D eigenvalue weighted by Crippen LogP contribution is -2.44. The number of sulfonamides is 1. The summed E-state index contributed by atoms with van der Waals surface area (Å²) in [4.78, 5) is 17.0. The third-order valence-corrected chi connectivity index (χ3v) is 8.16. The van der Waals surface area contributed by atoms with E-state index in [9.17, 15) is 13.2 Å². The Morgan fingerprint density at radius 1 is 1.13 bits per heavy atom. The summed E-state index contributed by atoms with van der Waals surface area (Å²) in [6, 6.07) is 5.44. The van der Waals surface area contributed by atoms with E-state index in [-0.39, 0.29) is 16.7 Å². The lowest BCUT2D eigenvalue weighted by molar-refractivity contribution is -0.126. The van der Waals surface area contributed by atoms with Crippen LogP contribution in [0.1, 0.15) is 50.0 Å². The Morgan fingerprint density at radius 3 is 2.47 bits per heavy atom. The molecule has 30 heavy (non-hydrogen) atoms. The van der Waals surface area contributed by atoms with E-state index in [0.717, 1.165) is 12.8 Å². The molecular weight excluding hydrogens is 404 g/mol. The number of hydrogen-bond donors (Lipinski definition) is 1. The summed E-state index contributed by atoms with van der Waals surface area (Å²) < 4.78 is 33.1. The third-order valence-electron chi connectivity index (χ3n) is 6.12.